The van der Waals surface area contributed by atoms with Gasteiger partial charge in [0.05, 0.1) is 0 Å². The van der Waals surface area contributed by atoms with E-state index in [-0.39, 0.29) is 17.0 Å². The molecule has 14 heavy (non-hydrogen) atoms. The zero-order valence-electron chi connectivity index (χ0n) is 7.91. The Labute approximate surface area is 83.7 Å². The van der Waals surface area contributed by atoms with E-state index in [0.29, 0.717) is 12.0 Å². The summed E-state index contributed by atoms with van der Waals surface area (Å²) in [4.78, 5) is 22.5. The maximum absolute atomic E-state index is 11.4. The fourth-order valence-corrected chi connectivity index (χ4v) is 1.27. The quantitative estimate of drug-likeness (QED) is 0.438. The molecule has 4 heteroatoms. The van der Waals surface area contributed by atoms with E-state index in [9.17, 15) is 9.59 Å². The van der Waals surface area contributed by atoms with Gasteiger partial charge in [0.25, 0.3) is 0 Å². The Morgan fingerprint density at radius 2 is 2.07 bits per heavy atom. The molecule has 0 heterocycles. The molecule has 0 atom stereocenters. The van der Waals surface area contributed by atoms with E-state index >= 15 is 0 Å². The van der Waals surface area contributed by atoms with Crippen molar-refractivity contribution in [3.05, 3.63) is 29.3 Å². The molecule has 0 amide bonds. The van der Waals surface area contributed by atoms with Gasteiger partial charge in [0, 0.05) is 23.2 Å². The topological polar surface area (TPSA) is 60.2 Å². The molecule has 0 aromatic heterocycles. The van der Waals surface area contributed by atoms with Gasteiger partial charge in [0.1, 0.15) is 5.68 Å². The van der Waals surface area contributed by atoms with E-state index < -0.39 is 5.68 Å². The summed E-state index contributed by atoms with van der Waals surface area (Å²) in [6.45, 7) is 1.72. The summed E-state index contributed by atoms with van der Waals surface area (Å²) in [7, 11) is 5.14. The van der Waals surface area contributed by atoms with Crippen LogP contribution in [0.4, 0.5) is 5.69 Å². The minimum absolute atomic E-state index is 0.124. The first-order chi connectivity index (χ1) is 6.57. The highest BCUT2D eigenvalue weighted by Gasteiger charge is 2.14. The van der Waals surface area contributed by atoms with Crippen molar-refractivity contribution in [2.24, 2.45) is 0 Å². The molecule has 0 saturated carbocycles. The second-order valence-corrected chi connectivity index (χ2v) is 2.91. The molecule has 2 N–H and O–H groups in total. The van der Waals surface area contributed by atoms with Crippen molar-refractivity contribution in [1.29, 1.82) is 0 Å². The van der Waals surface area contributed by atoms with Crippen LogP contribution in [0, 0.1) is 0 Å². The molecule has 0 bridgehead atoms. The predicted octanol–water partition coefficient (Wildman–Crippen LogP) is 1.17. The summed E-state index contributed by atoms with van der Waals surface area (Å²) >= 11 is 0. The first-order valence-corrected chi connectivity index (χ1v) is 4.29. The monoisotopic (exact) mass is 187 g/mol. The zero-order valence-corrected chi connectivity index (χ0v) is 7.91. The lowest BCUT2D eigenvalue weighted by molar-refractivity contribution is 0.0978. The third kappa shape index (κ3) is 1.84. The van der Waals surface area contributed by atoms with Crippen molar-refractivity contribution in [3.63, 3.8) is 0 Å². The second kappa shape index (κ2) is 4.09. The molecule has 1 aromatic rings. The number of ketones is 1. The highest BCUT2D eigenvalue weighted by atomic mass is 16.1. The Morgan fingerprint density at radius 3 is 2.57 bits per heavy atom. The molecule has 1 aromatic carbocycles. The van der Waals surface area contributed by atoms with Crippen LogP contribution in [-0.4, -0.2) is 19.3 Å². The third-order valence-electron chi connectivity index (χ3n) is 1.96. The first kappa shape index (κ1) is 10.5. The lowest BCUT2D eigenvalue weighted by Gasteiger charge is -2.07. The fraction of sp³-hybridized carbons (Fsp3) is 0.200. The number of anilines is 1. The molecule has 0 saturated heterocycles. The molecule has 0 aliphatic heterocycles. The first-order valence-electron chi connectivity index (χ1n) is 4.29. The van der Waals surface area contributed by atoms with E-state index in [1.54, 1.807) is 25.1 Å². The Morgan fingerprint density at radius 1 is 1.43 bits per heavy atom. The van der Waals surface area contributed by atoms with E-state index in [1.165, 1.54) is 0 Å². The van der Waals surface area contributed by atoms with E-state index in [4.69, 9.17) is 13.6 Å². The Balaban J connectivity index is 3.35. The maximum Gasteiger partial charge on any atom is 0.175 e. The predicted molar refractivity (Wildman–Crippen MR) is 55.6 cm³/mol. The summed E-state index contributed by atoms with van der Waals surface area (Å²) in [5, 5.41) is 0. The average Bonchev–Trinajstić information content (AvgIpc) is 2.15. The van der Waals surface area contributed by atoms with E-state index in [1.807, 2.05) is 0 Å². The van der Waals surface area contributed by atoms with Gasteiger partial charge in [0.2, 0.25) is 0 Å². The fourth-order valence-electron chi connectivity index (χ4n) is 1.27. The van der Waals surface area contributed by atoms with Gasteiger partial charge >= 0.3 is 0 Å². The largest absolute Gasteiger partial charge is 0.398 e. The number of nitrogens with two attached hydrogens (primary N) is 1. The molecule has 2 radical (unpaired) electrons. The normalized spacial score (nSPS) is 9.79. The summed E-state index contributed by atoms with van der Waals surface area (Å²) in [6, 6.07) is 4.74. The van der Waals surface area contributed by atoms with E-state index in [0.717, 1.165) is 0 Å². The molecular weight excluding hydrogens is 177 g/mol. The summed E-state index contributed by atoms with van der Waals surface area (Å²) in [6.07, 6.45) is 0.323. The third-order valence-corrected chi connectivity index (χ3v) is 1.96. The smallest absolute Gasteiger partial charge is 0.175 e. The lowest BCUT2D eigenvalue weighted by atomic mass is 9.88. The Kier molecular flexibility index (Phi) is 3.07. The molecule has 1 rings (SSSR count). The maximum atomic E-state index is 11.4. The second-order valence-electron chi connectivity index (χ2n) is 2.91. The van der Waals surface area contributed by atoms with Crippen molar-refractivity contribution >= 4 is 25.0 Å². The van der Waals surface area contributed by atoms with Gasteiger partial charge in [-0.05, 0) is 6.07 Å². The van der Waals surface area contributed by atoms with Gasteiger partial charge in [-0.25, -0.2) is 0 Å². The van der Waals surface area contributed by atoms with Crippen LogP contribution in [0.3, 0.4) is 0 Å². The Hall–Kier alpha value is -1.58. The molecule has 0 fully saturated rings. The van der Waals surface area contributed by atoms with E-state index in [2.05, 4.69) is 0 Å². The van der Waals surface area contributed by atoms with Crippen molar-refractivity contribution < 1.29 is 9.59 Å². The van der Waals surface area contributed by atoms with Crippen LogP contribution in [0.2, 0.25) is 0 Å². The molecule has 3 nitrogen and oxygen atoms in total. The number of hydrogen-bond donors (Lipinski definition) is 1. The highest BCUT2D eigenvalue weighted by molar-refractivity contribution is 6.63. The van der Waals surface area contributed by atoms with Gasteiger partial charge in [0.15, 0.2) is 13.6 Å². The Bertz CT molecular complexity index is 388. The van der Waals surface area contributed by atoms with Crippen molar-refractivity contribution in [3.8, 4) is 0 Å². The standard InChI is InChI=1S/C10H10BNO2/c1-2-8(13)6-4-3-5-7(12)9(6)10(11)14/h3-5H,2,12H2,1H3. The van der Waals surface area contributed by atoms with Crippen LogP contribution < -0.4 is 5.73 Å². The number of benzene rings is 1. The van der Waals surface area contributed by atoms with Crippen LogP contribution >= 0.6 is 0 Å². The minimum Gasteiger partial charge on any atom is -0.398 e. The number of carbonyl (C=O) groups excluding carboxylic acids is 2. The molecule has 0 unspecified atom stereocenters. The van der Waals surface area contributed by atoms with Crippen LogP contribution in [0.15, 0.2) is 18.2 Å². The zero-order chi connectivity index (χ0) is 10.7. The van der Waals surface area contributed by atoms with Gasteiger partial charge in [-0.3, -0.25) is 4.79 Å². The summed E-state index contributed by atoms with van der Waals surface area (Å²) in [5.74, 6) is -0.133. The van der Waals surface area contributed by atoms with Gasteiger partial charge in [-0.2, -0.15) is 0 Å². The minimum atomic E-state index is -0.667. The van der Waals surface area contributed by atoms with Crippen LogP contribution in [-0.2, 0) is 0 Å². The molecule has 0 aliphatic rings. The average molecular weight is 187 g/mol. The molecule has 70 valence electrons. The molecule has 0 spiro atoms. The number of rotatable bonds is 3. The molecule has 0 aliphatic carbocycles. The van der Waals surface area contributed by atoms with Gasteiger partial charge in [-0.1, -0.05) is 19.1 Å². The number of Topliss-reactive ketones (excluding diaryl/α,β-unsaturated/α-hetero) is 1. The van der Waals surface area contributed by atoms with Crippen LogP contribution in [0.1, 0.15) is 34.1 Å². The number of carbonyl (C=O) groups is 2. The van der Waals surface area contributed by atoms with Gasteiger partial charge in [-0.15, -0.1) is 0 Å². The number of nitrogen functional groups attached to an aromatic ring is 1. The van der Waals surface area contributed by atoms with Crippen molar-refractivity contribution in [2.75, 3.05) is 5.73 Å². The van der Waals surface area contributed by atoms with Crippen LogP contribution in [0.5, 0.6) is 0 Å². The highest BCUT2D eigenvalue weighted by Crippen LogP contribution is 2.18. The van der Waals surface area contributed by atoms with Crippen LogP contribution in [0.25, 0.3) is 0 Å². The van der Waals surface area contributed by atoms with Crippen molar-refractivity contribution in [1.82, 2.24) is 0 Å². The van der Waals surface area contributed by atoms with Gasteiger partial charge < -0.3 is 10.5 Å². The summed E-state index contributed by atoms with van der Waals surface area (Å²) in [5.41, 5.74) is 5.57. The SMILES string of the molecule is [B]C(=O)c1c(N)cccc1C(=O)CC. The summed E-state index contributed by atoms with van der Waals surface area (Å²) < 4.78 is 0. The lowest BCUT2D eigenvalue weighted by Crippen LogP contribution is -2.11. The molecular formula is C10H10BNO2. The number of hydrogen-bond acceptors (Lipinski definition) is 3. The van der Waals surface area contributed by atoms with Crippen molar-refractivity contribution in [2.45, 2.75) is 13.3 Å².